The molecule has 3 N–H and O–H groups in total. The van der Waals surface area contributed by atoms with Gasteiger partial charge in [0.05, 0.1) is 5.92 Å². The highest BCUT2D eigenvalue weighted by Gasteiger charge is 2.47. The Balaban J connectivity index is 1.60. The van der Waals surface area contributed by atoms with E-state index in [0.29, 0.717) is 0 Å². The van der Waals surface area contributed by atoms with E-state index < -0.39 is 42.0 Å². The number of nitrogens with one attached hydrogen (secondary N) is 2. The number of amides is 2. The van der Waals surface area contributed by atoms with Crippen LogP contribution in [-0.2, 0) is 14.3 Å². The molecule has 1 aliphatic rings. The van der Waals surface area contributed by atoms with Crippen LogP contribution in [0.1, 0.15) is 30.9 Å². The van der Waals surface area contributed by atoms with E-state index in [1.165, 1.54) is 5.32 Å². The lowest BCUT2D eigenvalue weighted by Crippen LogP contribution is -2.54. The summed E-state index contributed by atoms with van der Waals surface area (Å²) in [6.45, 7) is 2.87. The molecular formula is C24H25F3N2O5. The zero-order valence-corrected chi connectivity index (χ0v) is 18.6. The van der Waals surface area contributed by atoms with Crippen LogP contribution in [0.15, 0.2) is 48.5 Å². The molecule has 0 radical (unpaired) electrons. The Hall–Kier alpha value is -3.56. The summed E-state index contributed by atoms with van der Waals surface area (Å²) < 4.78 is 44.0. The third kappa shape index (κ3) is 5.49. The minimum atomic E-state index is -5.15. The van der Waals surface area contributed by atoms with E-state index in [4.69, 9.17) is 9.84 Å². The van der Waals surface area contributed by atoms with E-state index in [0.717, 1.165) is 22.3 Å². The molecule has 2 atom stereocenters. The highest BCUT2D eigenvalue weighted by Crippen LogP contribution is 2.44. The van der Waals surface area contributed by atoms with Crippen LogP contribution in [0.5, 0.6) is 0 Å². The molecular weight excluding hydrogens is 453 g/mol. The molecule has 0 bridgehead atoms. The number of carboxylic acids is 1. The van der Waals surface area contributed by atoms with Gasteiger partial charge in [-0.05, 0) is 28.2 Å². The van der Waals surface area contributed by atoms with Gasteiger partial charge in [-0.2, -0.15) is 13.2 Å². The Bertz CT molecular complexity index is 1030. The zero-order chi connectivity index (χ0) is 25.0. The Morgan fingerprint density at radius 2 is 1.53 bits per heavy atom. The number of alkyl halides is 3. The Kier molecular flexibility index (Phi) is 7.48. The third-order valence-corrected chi connectivity index (χ3v) is 5.81. The van der Waals surface area contributed by atoms with Crippen molar-refractivity contribution in [2.24, 2.45) is 11.8 Å². The van der Waals surface area contributed by atoms with Crippen LogP contribution in [-0.4, -0.2) is 48.4 Å². The van der Waals surface area contributed by atoms with Gasteiger partial charge in [-0.15, -0.1) is 0 Å². The molecule has 2 unspecified atom stereocenters. The number of carbonyl (C=O) groups is 3. The minimum absolute atomic E-state index is 0.0353. The lowest BCUT2D eigenvalue weighted by atomic mass is 9.94. The lowest BCUT2D eigenvalue weighted by Gasteiger charge is -2.24. The number of fused-ring (bicyclic) bond motifs is 3. The van der Waals surface area contributed by atoms with E-state index >= 15 is 0 Å². The highest BCUT2D eigenvalue weighted by atomic mass is 19.4. The molecule has 2 aromatic rings. The summed E-state index contributed by atoms with van der Waals surface area (Å²) in [6.07, 6.45) is -5.98. The molecule has 2 amide bonds. The number of carbonyl (C=O) groups excluding carboxylic acids is 2. The van der Waals surface area contributed by atoms with Gasteiger partial charge in [-0.3, -0.25) is 4.79 Å². The van der Waals surface area contributed by atoms with E-state index in [9.17, 15) is 27.6 Å². The van der Waals surface area contributed by atoms with Crippen molar-refractivity contribution in [2.45, 2.75) is 32.0 Å². The molecule has 2 aromatic carbocycles. The van der Waals surface area contributed by atoms with Crippen molar-refractivity contribution in [1.29, 1.82) is 0 Å². The fourth-order valence-electron chi connectivity index (χ4n) is 4.01. The number of ether oxygens (including phenoxy) is 1. The number of hydrogen-bond donors (Lipinski definition) is 3. The van der Waals surface area contributed by atoms with Crippen molar-refractivity contribution in [3.8, 4) is 11.1 Å². The fraction of sp³-hybridized carbons (Fsp3) is 0.375. The quantitative estimate of drug-likeness (QED) is 0.533. The van der Waals surface area contributed by atoms with E-state index in [1.807, 2.05) is 48.5 Å². The first kappa shape index (κ1) is 25.1. The van der Waals surface area contributed by atoms with Crippen molar-refractivity contribution >= 4 is 18.0 Å². The third-order valence-electron chi connectivity index (χ3n) is 5.81. The molecule has 0 fully saturated rings. The molecule has 10 heteroatoms. The molecule has 7 nitrogen and oxygen atoms in total. The van der Waals surface area contributed by atoms with Crippen LogP contribution in [0.2, 0.25) is 0 Å². The number of alkyl carbamates (subject to hydrolysis) is 1. The van der Waals surface area contributed by atoms with Crippen LogP contribution in [0.3, 0.4) is 0 Å². The molecule has 34 heavy (non-hydrogen) atoms. The topological polar surface area (TPSA) is 105 Å². The van der Waals surface area contributed by atoms with Crippen molar-refractivity contribution < 1.29 is 37.4 Å². The molecule has 1 aliphatic carbocycles. The van der Waals surface area contributed by atoms with Gasteiger partial charge >= 0.3 is 18.2 Å². The molecule has 3 rings (SSSR count). The summed E-state index contributed by atoms with van der Waals surface area (Å²) in [4.78, 5) is 35.6. The number of rotatable bonds is 8. The number of carboxylic acid groups (broad SMARTS) is 1. The van der Waals surface area contributed by atoms with Gasteiger partial charge in [0.1, 0.15) is 6.61 Å². The van der Waals surface area contributed by atoms with Crippen molar-refractivity contribution in [3.05, 3.63) is 59.7 Å². The summed E-state index contributed by atoms with van der Waals surface area (Å²) in [5.74, 6) is -5.08. The van der Waals surface area contributed by atoms with Gasteiger partial charge in [-0.1, -0.05) is 62.4 Å². The Morgan fingerprint density at radius 3 is 2.00 bits per heavy atom. The van der Waals surface area contributed by atoms with Crippen molar-refractivity contribution in [3.63, 3.8) is 0 Å². The normalized spacial score (nSPS) is 14.6. The summed E-state index contributed by atoms with van der Waals surface area (Å²) in [5, 5.41) is 12.7. The maximum Gasteiger partial charge on any atom is 0.419 e. The summed E-state index contributed by atoms with van der Waals surface area (Å²) in [5.41, 5.74) is 4.15. The molecule has 0 aromatic heterocycles. The molecule has 0 saturated carbocycles. The summed E-state index contributed by atoms with van der Waals surface area (Å²) in [6, 6.07) is 12.5. The Labute approximate surface area is 194 Å². The Morgan fingerprint density at radius 1 is 1.00 bits per heavy atom. The monoisotopic (exact) mass is 478 g/mol. The van der Waals surface area contributed by atoms with Gasteiger partial charge in [0.15, 0.2) is 0 Å². The second-order valence-corrected chi connectivity index (χ2v) is 8.38. The fourth-order valence-corrected chi connectivity index (χ4v) is 4.01. The van der Waals surface area contributed by atoms with Crippen LogP contribution in [0, 0.1) is 11.8 Å². The molecule has 0 heterocycles. The van der Waals surface area contributed by atoms with Gasteiger partial charge < -0.3 is 20.5 Å². The van der Waals surface area contributed by atoms with Crippen LogP contribution < -0.4 is 10.6 Å². The smallest absolute Gasteiger partial charge is 0.419 e. The van der Waals surface area contributed by atoms with Crippen LogP contribution >= 0.6 is 0 Å². The second kappa shape index (κ2) is 10.1. The maximum absolute atomic E-state index is 12.9. The van der Waals surface area contributed by atoms with Crippen molar-refractivity contribution in [1.82, 2.24) is 10.6 Å². The standard InChI is InChI=1S/C24H25F3N2O5/c1-13(2)18(21(30)29-20(22(31)32)24(25,26)27)11-28-23(33)34-12-19-16-9-5-3-7-14(16)15-8-4-6-10-17(15)19/h3-10,13,18-20H,11-12H2,1-2H3,(H,28,33)(H,29,30)(H,31,32). The van der Waals surface area contributed by atoms with E-state index in [1.54, 1.807) is 13.8 Å². The summed E-state index contributed by atoms with van der Waals surface area (Å²) >= 11 is 0. The molecule has 0 saturated heterocycles. The predicted molar refractivity (Wildman–Crippen MR) is 117 cm³/mol. The molecule has 182 valence electrons. The van der Waals surface area contributed by atoms with Gasteiger partial charge in [0, 0.05) is 12.5 Å². The SMILES string of the molecule is CC(C)C(CNC(=O)OCC1c2ccccc2-c2ccccc21)C(=O)NC(C(=O)O)C(F)(F)F. The first-order valence-corrected chi connectivity index (χ1v) is 10.7. The van der Waals surface area contributed by atoms with Gasteiger partial charge in [0.2, 0.25) is 11.9 Å². The van der Waals surface area contributed by atoms with Gasteiger partial charge in [-0.25, -0.2) is 9.59 Å². The number of aliphatic carboxylic acids is 1. The number of benzene rings is 2. The van der Waals surface area contributed by atoms with Crippen molar-refractivity contribution in [2.75, 3.05) is 13.2 Å². The average molecular weight is 478 g/mol. The summed E-state index contributed by atoms with van der Waals surface area (Å²) in [7, 11) is 0. The van der Waals surface area contributed by atoms with E-state index in [-0.39, 0.29) is 19.1 Å². The zero-order valence-electron chi connectivity index (χ0n) is 18.6. The second-order valence-electron chi connectivity index (χ2n) is 8.38. The maximum atomic E-state index is 12.9. The highest BCUT2D eigenvalue weighted by molar-refractivity contribution is 5.86. The predicted octanol–water partition coefficient (Wildman–Crippen LogP) is 3.93. The average Bonchev–Trinajstić information content (AvgIpc) is 3.08. The van der Waals surface area contributed by atoms with Gasteiger partial charge in [0.25, 0.3) is 0 Å². The number of halogens is 3. The minimum Gasteiger partial charge on any atom is -0.479 e. The first-order chi connectivity index (χ1) is 16.0. The first-order valence-electron chi connectivity index (χ1n) is 10.7. The van der Waals surface area contributed by atoms with Crippen LogP contribution in [0.25, 0.3) is 11.1 Å². The van der Waals surface area contributed by atoms with E-state index in [2.05, 4.69) is 5.32 Å². The molecule has 0 spiro atoms. The molecule has 0 aliphatic heterocycles. The number of hydrogen-bond acceptors (Lipinski definition) is 4. The largest absolute Gasteiger partial charge is 0.479 e. The van der Waals surface area contributed by atoms with Crippen LogP contribution in [0.4, 0.5) is 18.0 Å². The lowest BCUT2D eigenvalue weighted by molar-refractivity contribution is -0.182.